The summed E-state index contributed by atoms with van der Waals surface area (Å²) in [7, 11) is 0. The van der Waals surface area contributed by atoms with Gasteiger partial charge in [-0.25, -0.2) is 0 Å². The third kappa shape index (κ3) is 4.47. The fourth-order valence-corrected chi connectivity index (χ4v) is 3.09. The van der Waals surface area contributed by atoms with Crippen LogP contribution in [-0.4, -0.2) is 10.8 Å². The van der Waals surface area contributed by atoms with E-state index in [-0.39, 0.29) is 12.0 Å². The summed E-state index contributed by atoms with van der Waals surface area (Å²) in [6, 6.07) is 6.53. The lowest BCUT2D eigenvalue weighted by atomic mass is 10.0. The molecule has 2 N–H and O–H groups in total. The molecule has 0 heterocycles. The smallest absolute Gasteiger partial charge is 0.292 e. The molecule has 0 saturated heterocycles. The summed E-state index contributed by atoms with van der Waals surface area (Å²) >= 11 is 0. The van der Waals surface area contributed by atoms with Gasteiger partial charge in [0.15, 0.2) is 0 Å². The maximum absolute atomic E-state index is 13.1. The molecule has 2 aromatic rings. The predicted octanol–water partition coefficient (Wildman–Crippen LogP) is 4.88. The number of benzene rings is 2. The van der Waals surface area contributed by atoms with Gasteiger partial charge in [0.1, 0.15) is 5.69 Å². The molecule has 0 radical (unpaired) electrons. The molecular formula is C18H13F6N3O3. The van der Waals surface area contributed by atoms with Crippen LogP contribution in [0.5, 0.6) is 0 Å². The Kier molecular flexibility index (Phi) is 5.35. The van der Waals surface area contributed by atoms with Crippen LogP contribution in [0, 0.1) is 16.0 Å². The highest BCUT2D eigenvalue weighted by molar-refractivity contribution is 5.84. The summed E-state index contributed by atoms with van der Waals surface area (Å²) in [5, 5.41) is 11.0. The van der Waals surface area contributed by atoms with E-state index in [1.54, 1.807) is 0 Å². The molecule has 6 nitrogen and oxygen atoms in total. The number of halogens is 6. The van der Waals surface area contributed by atoms with Gasteiger partial charge in [0, 0.05) is 12.0 Å². The Balaban J connectivity index is 1.71. The van der Waals surface area contributed by atoms with Gasteiger partial charge < -0.3 is 0 Å². The Hall–Kier alpha value is -3.31. The number of carbonyl (C=O) groups excluding carboxylic acids is 1. The maximum atomic E-state index is 13.1. The second kappa shape index (κ2) is 7.50. The first-order valence-electron chi connectivity index (χ1n) is 8.47. The molecule has 2 aromatic carbocycles. The molecule has 1 fully saturated rings. The van der Waals surface area contributed by atoms with Crippen molar-refractivity contribution in [1.82, 2.24) is 5.43 Å². The van der Waals surface area contributed by atoms with E-state index in [2.05, 4.69) is 10.9 Å². The molecule has 0 aromatic heterocycles. The van der Waals surface area contributed by atoms with Crippen LogP contribution in [0.25, 0.3) is 0 Å². The second-order valence-electron chi connectivity index (χ2n) is 6.63. The first kappa shape index (κ1) is 21.4. The lowest BCUT2D eigenvalue weighted by Crippen LogP contribution is -2.31. The monoisotopic (exact) mass is 433 g/mol. The van der Waals surface area contributed by atoms with Crippen LogP contribution in [0.3, 0.4) is 0 Å². The number of carbonyl (C=O) groups is 1. The van der Waals surface area contributed by atoms with Gasteiger partial charge in [0.25, 0.3) is 5.69 Å². The number of amides is 1. The highest BCUT2D eigenvalue weighted by atomic mass is 19.4. The minimum Gasteiger partial charge on any atom is -0.292 e. The van der Waals surface area contributed by atoms with Crippen LogP contribution < -0.4 is 10.9 Å². The molecule has 1 aliphatic rings. The van der Waals surface area contributed by atoms with E-state index in [1.165, 1.54) is 18.2 Å². The highest BCUT2D eigenvalue weighted by Crippen LogP contribution is 2.51. The van der Waals surface area contributed by atoms with Gasteiger partial charge in [-0.3, -0.25) is 25.8 Å². The van der Waals surface area contributed by atoms with Crippen molar-refractivity contribution in [2.24, 2.45) is 5.92 Å². The van der Waals surface area contributed by atoms with Gasteiger partial charge in [-0.1, -0.05) is 18.2 Å². The molecule has 160 valence electrons. The van der Waals surface area contributed by atoms with E-state index >= 15 is 0 Å². The Labute approximate surface area is 165 Å². The molecule has 1 amide bonds. The van der Waals surface area contributed by atoms with Crippen molar-refractivity contribution in [3.8, 4) is 0 Å². The Bertz CT molecular complexity index is 990. The van der Waals surface area contributed by atoms with Crippen LogP contribution in [0.15, 0.2) is 42.5 Å². The zero-order chi connectivity index (χ0) is 22.3. The van der Waals surface area contributed by atoms with E-state index in [0.29, 0.717) is 12.1 Å². The van der Waals surface area contributed by atoms with Crippen molar-refractivity contribution < 1.29 is 36.1 Å². The van der Waals surface area contributed by atoms with Gasteiger partial charge in [0.05, 0.1) is 16.1 Å². The molecule has 3 rings (SSSR count). The van der Waals surface area contributed by atoms with Gasteiger partial charge in [0.2, 0.25) is 5.91 Å². The lowest BCUT2D eigenvalue weighted by molar-refractivity contribution is -0.384. The van der Waals surface area contributed by atoms with Gasteiger partial charge in [-0.05, 0) is 36.1 Å². The summed E-state index contributed by atoms with van der Waals surface area (Å²) in [4.78, 5) is 22.2. The average Bonchev–Trinajstić information content (AvgIpc) is 3.45. The highest BCUT2D eigenvalue weighted by Gasteiger charge is 2.48. The first-order chi connectivity index (χ1) is 13.9. The fourth-order valence-electron chi connectivity index (χ4n) is 3.09. The Morgan fingerprint density at radius 3 is 2.30 bits per heavy atom. The minimum absolute atomic E-state index is 0.0364. The Morgan fingerprint density at radius 2 is 1.70 bits per heavy atom. The molecule has 1 saturated carbocycles. The molecule has 0 aliphatic heterocycles. The molecule has 12 heteroatoms. The van der Waals surface area contributed by atoms with Crippen LogP contribution in [0.4, 0.5) is 37.7 Å². The van der Waals surface area contributed by atoms with Gasteiger partial charge in [-0.2, -0.15) is 26.3 Å². The SMILES string of the molecule is O=C(NNc1ccc(C(F)(F)F)cc1[N+](=O)[O-])C1CC1c1ccccc1C(F)(F)F. The third-order valence-electron chi connectivity index (χ3n) is 4.63. The second-order valence-corrected chi connectivity index (χ2v) is 6.63. The number of rotatable bonds is 5. The van der Waals surface area contributed by atoms with Crippen LogP contribution in [0.2, 0.25) is 0 Å². The van der Waals surface area contributed by atoms with Gasteiger partial charge >= 0.3 is 12.4 Å². The van der Waals surface area contributed by atoms with Crippen LogP contribution >= 0.6 is 0 Å². The van der Waals surface area contributed by atoms with Crippen molar-refractivity contribution in [2.45, 2.75) is 24.7 Å². The van der Waals surface area contributed by atoms with Crippen molar-refractivity contribution in [3.63, 3.8) is 0 Å². The maximum Gasteiger partial charge on any atom is 0.416 e. The molecule has 2 unspecified atom stereocenters. The summed E-state index contributed by atoms with van der Waals surface area (Å²) in [5.74, 6) is -2.23. The summed E-state index contributed by atoms with van der Waals surface area (Å²) in [5.41, 5.74) is 0.860. The first-order valence-corrected chi connectivity index (χ1v) is 8.47. The largest absolute Gasteiger partial charge is 0.416 e. The van der Waals surface area contributed by atoms with Crippen molar-refractivity contribution in [3.05, 3.63) is 69.3 Å². The number of anilines is 1. The van der Waals surface area contributed by atoms with Crippen molar-refractivity contribution in [1.29, 1.82) is 0 Å². The summed E-state index contributed by atoms with van der Waals surface area (Å²) in [6.07, 6.45) is -9.24. The van der Waals surface area contributed by atoms with Crippen molar-refractivity contribution >= 4 is 17.3 Å². The van der Waals surface area contributed by atoms with E-state index in [1.807, 2.05) is 0 Å². The molecule has 0 spiro atoms. The number of hydrogen-bond acceptors (Lipinski definition) is 4. The number of alkyl halides is 6. The number of hydrazine groups is 1. The number of nitro benzene ring substituents is 1. The number of nitrogens with zero attached hydrogens (tertiary/aromatic N) is 1. The third-order valence-corrected chi connectivity index (χ3v) is 4.63. The molecule has 1 aliphatic carbocycles. The molecule has 30 heavy (non-hydrogen) atoms. The molecule has 0 bridgehead atoms. The van der Waals surface area contributed by atoms with E-state index < -0.39 is 57.5 Å². The lowest BCUT2D eigenvalue weighted by Gasteiger charge is -2.13. The number of nitro groups is 1. The standard InChI is InChI=1S/C18H13F6N3O3/c19-17(20,21)9-5-6-14(15(7-9)27(29)30)25-26-16(28)12-8-11(12)10-3-1-2-4-13(10)18(22,23)24/h1-7,11-12,25H,8H2,(H,26,28). The van der Waals surface area contributed by atoms with E-state index in [9.17, 15) is 41.3 Å². The van der Waals surface area contributed by atoms with Crippen LogP contribution in [0.1, 0.15) is 29.0 Å². The topological polar surface area (TPSA) is 84.3 Å². The summed E-state index contributed by atoms with van der Waals surface area (Å²) < 4.78 is 77.5. The molecular weight excluding hydrogens is 420 g/mol. The average molecular weight is 433 g/mol. The zero-order valence-electron chi connectivity index (χ0n) is 14.8. The van der Waals surface area contributed by atoms with Crippen molar-refractivity contribution in [2.75, 3.05) is 5.43 Å². The Morgan fingerprint density at radius 1 is 1.03 bits per heavy atom. The number of hydrogen-bond donors (Lipinski definition) is 2. The van der Waals surface area contributed by atoms with Crippen LogP contribution in [-0.2, 0) is 17.1 Å². The zero-order valence-corrected chi connectivity index (χ0v) is 14.8. The number of nitrogens with one attached hydrogen (secondary N) is 2. The fraction of sp³-hybridized carbons (Fsp3) is 0.278. The van der Waals surface area contributed by atoms with Gasteiger partial charge in [-0.15, -0.1) is 0 Å². The minimum atomic E-state index is -4.79. The van der Waals surface area contributed by atoms with E-state index in [4.69, 9.17) is 0 Å². The summed E-state index contributed by atoms with van der Waals surface area (Å²) in [6.45, 7) is 0. The predicted molar refractivity (Wildman–Crippen MR) is 92.2 cm³/mol. The quantitative estimate of drug-likeness (QED) is 0.400. The molecule has 2 atom stereocenters. The normalized spacial score (nSPS) is 18.6. The van der Waals surface area contributed by atoms with E-state index in [0.717, 1.165) is 12.1 Å².